The molecule has 0 saturated heterocycles. The highest BCUT2D eigenvalue weighted by atomic mass is 16.6. The van der Waals surface area contributed by atoms with Crippen molar-refractivity contribution in [2.45, 2.75) is 38.8 Å². The molecule has 0 aliphatic heterocycles. The number of carbonyl (C=O) groups excluding carboxylic acids is 2. The molecule has 1 atom stereocenters. The van der Waals surface area contributed by atoms with Crippen LogP contribution in [0.1, 0.15) is 32.8 Å². The van der Waals surface area contributed by atoms with Crippen molar-refractivity contribution in [3.8, 4) is 11.8 Å². The van der Waals surface area contributed by atoms with Crippen LogP contribution in [0.15, 0.2) is 30.3 Å². The van der Waals surface area contributed by atoms with Crippen molar-refractivity contribution in [1.82, 2.24) is 10.3 Å². The minimum atomic E-state index is -0.952. The van der Waals surface area contributed by atoms with Gasteiger partial charge >= 0.3 is 12.1 Å². The Balaban J connectivity index is 2.15. The van der Waals surface area contributed by atoms with Crippen molar-refractivity contribution >= 4 is 28.8 Å². The van der Waals surface area contributed by atoms with E-state index in [2.05, 4.69) is 22.1 Å². The SMILES string of the molecule is COC(=O)[C@H](CC#Cc1cc2ccccc2nc1N)NC(=O)OC(C)(C)C. The first kappa shape index (κ1) is 20.0. The number of fused-ring (bicyclic) bond motifs is 1. The highest BCUT2D eigenvalue weighted by molar-refractivity contribution is 5.83. The van der Waals surface area contributed by atoms with Gasteiger partial charge in [-0.1, -0.05) is 30.0 Å². The molecule has 0 saturated carbocycles. The number of methoxy groups -OCH3 is 1. The molecule has 0 spiro atoms. The van der Waals surface area contributed by atoms with Crippen molar-refractivity contribution in [2.75, 3.05) is 12.8 Å². The normalized spacial score (nSPS) is 11.9. The van der Waals surface area contributed by atoms with Gasteiger partial charge in [-0.25, -0.2) is 14.6 Å². The summed E-state index contributed by atoms with van der Waals surface area (Å²) >= 11 is 0. The maximum Gasteiger partial charge on any atom is 0.408 e. The topological polar surface area (TPSA) is 104 Å². The van der Waals surface area contributed by atoms with Crippen molar-refractivity contribution in [2.24, 2.45) is 0 Å². The number of hydrogen-bond donors (Lipinski definition) is 2. The van der Waals surface area contributed by atoms with E-state index in [4.69, 9.17) is 15.2 Å². The molecular formula is C20H23N3O4. The Morgan fingerprint density at radius 2 is 2.00 bits per heavy atom. The molecule has 1 aromatic heterocycles. The molecule has 27 heavy (non-hydrogen) atoms. The zero-order valence-corrected chi connectivity index (χ0v) is 15.8. The molecule has 0 unspecified atom stereocenters. The number of benzene rings is 1. The van der Waals surface area contributed by atoms with Gasteiger partial charge in [0.15, 0.2) is 0 Å². The van der Waals surface area contributed by atoms with E-state index < -0.39 is 23.7 Å². The van der Waals surface area contributed by atoms with E-state index in [0.717, 1.165) is 10.9 Å². The molecule has 7 nitrogen and oxygen atoms in total. The third kappa shape index (κ3) is 5.89. The lowest BCUT2D eigenvalue weighted by Crippen LogP contribution is -2.43. The highest BCUT2D eigenvalue weighted by Gasteiger charge is 2.24. The first-order chi connectivity index (χ1) is 12.7. The third-order valence-corrected chi connectivity index (χ3v) is 3.46. The number of para-hydroxylation sites is 1. The number of nitrogens with two attached hydrogens (primary N) is 1. The van der Waals surface area contributed by atoms with Gasteiger partial charge in [-0.2, -0.15) is 0 Å². The number of amides is 1. The van der Waals surface area contributed by atoms with Crippen LogP contribution in [-0.2, 0) is 14.3 Å². The fourth-order valence-corrected chi connectivity index (χ4v) is 2.26. The Morgan fingerprint density at radius 3 is 2.67 bits per heavy atom. The molecule has 142 valence electrons. The molecule has 7 heteroatoms. The quantitative estimate of drug-likeness (QED) is 0.637. The van der Waals surface area contributed by atoms with Gasteiger partial charge in [0.2, 0.25) is 0 Å². The van der Waals surface area contributed by atoms with E-state index in [1.165, 1.54) is 7.11 Å². The van der Waals surface area contributed by atoms with Gasteiger partial charge in [0, 0.05) is 11.8 Å². The zero-order valence-electron chi connectivity index (χ0n) is 15.8. The second-order valence-electron chi connectivity index (χ2n) is 6.84. The van der Waals surface area contributed by atoms with Gasteiger partial charge in [-0.15, -0.1) is 0 Å². The summed E-state index contributed by atoms with van der Waals surface area (Å²) in [6, 6.07) is 8.43. The lowest BCUT2D eigenvalue weighted by atomic mass is 10.1. The average molecular weight is 369 g/mol. The number of carbonyl (C=O) groups is 2. The van der Waals surface area contributed by atoms with Crippen LogP contribution >= 0.6 is 0 Å². The molecule has 3 N–H and O–H groups in total. The number of alkyl carbamates (subject to hydrolysis) is 1. The number of esters is 1. The van der Waals surface area contributed by atoms with E-state index in [1.54, 1.807) is 20.8 Å². The summed E-state index contributed by atoms with van der Waals surface area (Å²) in [5.41, 5.74) is 6.59. The summed E-state index contributed by atoms with van der Waals surface area (Å²) in [5, 5.41) is 3.38. The number of ether oxygens (including phenoxy) is 2. The van der Waals surface area contributed by atoms with Crippen molar-refractivity contribution < 1.29 is 19.1 Å². The molecule has 1 amide bonds. The summed E-state index contributed by atoms with van der Waals surface area (Å²) < 4.78 is 9.87. The molecule has 1 heterocycles. The van der Waals surface area contributed by atoms with Crippen molar-refractivity contribution in [1.29, 1.82) is 0 Å². The summed E-state index contributed by atoms with van der Waals surface area (Å²) in [7, 11) is 1.24. The maximum absolute atomic E-state index is 11.9. The highest BCUT2D eigenvalue weighted by Crippen LogP contribution is 2.17. The van der Waals surface area contributed by atoms with Crippen LogP contribution < -0.4 is 11.1 Å². The predicted octanol–water partition coefficient (Wildman–Crippen LogP) is 2.62. The molecule has 1 aromatic carbocycles. The van der Waals surface area contributed by atoms with E-state index >= 15 is 0 Å². The monoisotopic (exact) mass is 369 g/mol. The lowest BCUT2D eigenvalue weighted by Gasteiger charge is -2.21. The third-order valence-electron chi connectivity index (χ3n) is 3.46. The van der Waals surface area contributed by atoms with E-state index in [9.17, 15) is 9.59 Å². The summed E-state index contributed by atoms with van der Waals surface area (Å²) in [6.45, 7) is 5.19. The fraction of sp³-hybridized carbons (Fsp3) is 0.350. The standard InChI is InChI=1S/C20H23N3O4/c1-20(2,3)27-19(25)23-16(18(24)26-4)11-7-9-14-12-13-8-5-6-10-15(13)22-17(14)21/h5-6,8,10,12,16H,11H2,1-4H3,(H2,21,22)(H,23,25)/t16-/m0/s1. The van der Waals surface area contributed by atoms with Crippen LogP contribution in [0.2, 0.25) is 0 Å². The summed E-state index contributed by atoms with van der Waals surface area (Å²) in [6.07, 6.45) is -0.676. The molecular weight excluding hydrogens is 346 g/mol. The Morgan fingerprint density at radius 1 is 1.30 bits per heavy atom. The van der Waals surface area contributed by atoms with Gasteiger partial charge in [0.1, 0.15) is 17.5 Å². The molecule has 0 fully saturated rings. The minimum Gasteiger partial charge on any atom is -0.467 e. The van der Waals surface area contributed by atoms with Gasteiger partial charge in [0.05, 0.1) is 18.2 Å². The molecule has 0 aliphatic rings. The minimum absolute atomic E-state index is 0.0399. The number of pyridine rings is 1. The number of aromatic nitrogens is 1. The largest absolute Gasteiger partial charge is 0.467 e. The second kappa shape index (κ2) is 8.41. The summed E-state index contributed by atoms with van der Waals surface area (Å²) in [4.78, 5) is 28.1. The van der Waals surface area contributed by atoms with Gasteiger partial charge < -0.3 is 20.5 Å². The summed E-state index contributed by atoms with van der Waals surface area (Å²) in [5.74, 6) is 5.44. The fourth-order valence-electron chi connectivity index (χ4n) is 2.26. The Hall–Kier alpha value is -3.27. The molecule has 0 radical (unpaired) electrons. The Labute approximate surface area is 158 Å². The van der Waals surface area contributed by atoms with Crippen LogP contribution in [0.4, 0.5) is 10.6 Å². The van der Waals surface area contributed by atoms with Crippen molar-refractivity contribution in [3.05, 3.63) is 35.9 Å². The maximum atomic E-state index is 11.9. The van der Waals surface area contributed by atoms with E-state index in [1.807, 2.05) is 30.3 Å². The first-order valence-electron chi connectivity index (χ1n) is 8.41. The Kier molecular flexibility index (Phi) is 6.24. The second-order valence-corrected chi connectivity index (χ2v) is 6.84. The molecule has 0 aliphatic carbocycles. The molecule has 0 bridgehead atoms. The predicted molar refractivity (Wildman–Crippen MR) is 103 cm³/mol. The number of nitrogen functional groups attached to an aromatic ring is 1. The number of anilines is 1. The number of nitrogens with zero attached hydrogens (tertiary/aromatic N) is 1. The van der Waals surface area contributed by atoms with Crippen LogP contribution in [0.3, 0.4) is 0 Å². The van der Waals surface area contributed by atoms with Gasteiger partial charge in [-0.05, 0) is 32.9 Å². The molecule has 2 aromatic rings. The molecule has 2 rings (SSSR count). The lowest BCUT2D eigenvalue weighted by molar-refractivity contribution is -0.143. The van der Waals surface area contributed by atoms with Crippen molar-refractivity contribution in [3.63, 3.8) is 0 Å². The number of rotatable bonds is 3. The average Bonchev–Trinajstić information content (AvgIpc) is 2.59. The van der Waals surface area contributed by atoms with E-state index in [-0.39, 0.29) is 6.42 Å². The van der Waals surface area contributed by atoms with Crippen LogP contribution in [0.5, 0.6) is 0 Å². The van der Waals surface area contributed by atoms with Crippen LogP contribution in [-0.4, -0.2) is 35.8 Å². The van der Waals surface area contributed by atoms with Gasteiger partial charge in [-0.3, -0.25) is 0 Å². The zero-order chi connectivity index (χ0) is 20.0. The number of hydrogen-bond acceptors (Lipinski definition) is 6. The first-order valence-corrected chi connectivity index (χ1v) is 8.41. The smallest absolute Gasteiger partial charge is 0.408 e. The van der Waals surface area contributed by atoms with Crippen LogP contribution in [0.25, 0.3) is 10.9 Å². The van der Waals surface area contributed by atoms with E-state index in [0.29, 0.717) is 11.4 Å². The number of nitrogens with one attached hydrogen (secondary N) is 1. The van der Waals surface area contributed by atoms with Gasteiger partial charge in [0.25, 0.3) is 0 Å². The van der Waals surface area contributed by atoms with Crippen LogP contribution in [0, 0.1) is 11.8 Å². The Bertz CT molecular complexity index is 907.